The second kappa shape index (κ2) is 6.38. The van der Waals surface area contributed by atoms with Gasteiger partial charge in [0.1, 0.15) is 5.69 Å². The van der Waals surface area contributed by atoms with Gasteiger partial charge in [-0.15, -0.1) is 0 Å². The lowest BCUT2D eigenvalue weighted by Crippen LogP contribution is -2.21. The number of allylic oxidation sites excluding steroid dienone is 2. The topological polar surface area (TPSA) is 90.4 Å². The molecule has 0 saturated carbocycles. The van der Waals surface area contributed by atoms with Crippen LogP contribution in [-0.4, -0.2) is 11.5 Å². The Morgan fingerprint density at radius 2 is 2.20 bits per heavy atom. The number of nitrogens with two attached hydrogens (primary N) is 1. The van der Waals surface area contributed by atoms with E-state index in [0.717, 1.165) is 12.8 Å². The monoisotopic (exact) mass is 277 g/mol. The summed E-state index contributed by atoms with van der Waals surface area (Å²) in [6.07, 6.45) is 6.28. The van der Waals surface area contributed by atoms with E-state index >= 15 is 0 Å². The van der Waals surface area contributed by atoms with Gasteiger partial charge in [-0.2, -0.15) is 0 Å². The van der Waals surface area contributed by atoms with Crippen molar-refractivity contribution in [1.29, 1.82) is 0 Å². The molecule has 0 aliphatic heterocycles. The Hall–Kier alpha value is -2.08. The van der Waals surface area contributed by atoms with Gasteiger partial charge >= 0.3 is 5.69 Å². The molecule has 0 radical (unpaired) electrons. The zero-order valence-electron chi connectivity index (χ0n) is 11.4. The molecule has 1 aromatic rings. The number of para-hydroxylation sites is 1. The van der Waals surface area contributed by atoms with Crippen molar-refractivity contribution in [3.05, 3.63) is 40.5 Å². The fraction of sp³-hybridized carbons (Fsp3) is 0.429. The molecule has 6 nitrogen and oxygen atoms in total. The van der Waals surface area contributed by atoms with Crippen LogP contribution in [-0.2, 0) is 0 Å². The number of ether oxygens (including phenoxy) is 1. The third-order valence-corrected chi connectivity index (χ3v) is 3.71. The number of benzene rings is 1. The van der Waals surface area contributed by atoms with Gasteiger partial charge in [-0.25, -0.2) is 0 Å². The number of nitrogens with one attached hydrogen (secondary N) is 1. The zero-order chi connectivity index (χ0) is 14.5. The number of hydrogen-bond donors (Lipinski definition) is 2. The Morgan fingerprint density at radius 1 is 1.45 bits per heavy atom. The number of nitro groups is 1. The summed E-state index contributed by atoms with van der Waals surface area (Å²) in [5, 5.41) is 11.1. The second-order valence-corrected chi connectivity index (χ2v) is 5.04. The van der Waals surface area contributed by atoms with Crippen LogP contribution in [0.1, 0.15) is 19.8 Å². The number of nitrogens with zero attached hydrogens (tertiary/aromatic N) is 1. The first kappa shape index (κ1) is 14.3. The highest BCUT2D eigenvalue weighted by Gasteiger charge is 2.23. The van der Waals surface area contributed by atoms with Gasteiger partial charge in [0.15, 0.2) is 5.75 Å². The Kier molecular flexibility index (Phi) is 4.57. The Labute approximate surface area is 117 Å². The van der Waals surface area contributed by atoms with Crippen LogP contribution in [0, 0.1) is 22.0 Å². The van der Waals surface area contributed by atoms with E-state index in [1.165, 1.54) is 0 Å². The fourth-order valence-electron chi connectivity index (χ4n) is 2.38. The summed E-state index contributed by atoms with van der Waals surface area (Å²) in [5.41, 5.74) is 2.47. The van der Waals surface area contributed by atoms with E-state index in [1.54, 1.807) is 18.2 Å². The lowest BCUT2D eigenvalue weighted by Gasteiger charge is -2.25. The van der Waals surface area contributed by atoms with E-state index in [4.69, 9.17) is 10.6 Å². The summed E-state index contributed by atoms with van der Waals surface area (Å²) in [7, 11) is 0. The van der Waals surface area contributed by atoms with E-state index in [0.29, 0.717) is 18.4 Å². The maximum atomic E-state index is 11.1. The molecular formula is C14H19N3O3. The van der Waals surface area contributed by atoms with Crippen molar-refractivity contribution >= 4 is 11.4 Å². The fourth-order valence-corrected chi connectivity index (χ4v) is 2.38. The van der Waals surface area contributed by atoms with Crippen LogP contribution in [0.2, 0.25) is 0 Å². The predicted octanol–water partition coefficient (Wildman–Crippen LogP) is 2.86. The number of nitrogen functional groups attached to an aromatic ring is 1. The number of anilines is 1. The van der Waals surface area contributed by atoms with Gasteiger partial charge in [-0.3, -0.25) is 16.0 Å². The minimum absolute atomic E-state index is 0.117. The standard InChI is InChI=1S/C14H19N3O3/c1-10-5-2-3-6-11(10)9-20-13-8-4-7-12(16-15)14(13)17(18)19/h2-4,7-8,10-11,16H,5-6,9,15H2,1H3. The number of nitro benzene ring substituents is 1. The van der Waals surface area contributed by atoms with Crippen molar-refractivity contribution < 1.29 is 9.66 Å². The van der Waals surface area contributed by atoms with Gasteiger partial charge in [0.2, 0.25) is 0 Å². The molecule has 108 valence electrons. The quantitative estimate of drug-likeness (QED) is 0.374. The third-order valence-electron chi connectivity index (χ3n) is 3.71. The zero-order valence-corrected chi connectivity index (χ0v) is 11.4. The summed E-state index contributed by atoms with van der Waals surface area (Å²) < 4.78 is 5.68. The lowest BCUT2D eigenvalue weighted by atomic mass is 9.85. The molecule has 0 fully saturated rings. The van der Waals surface area contributed by atoms with Gasteiger partial charge < -0.3 is 10.2 Å². The van der Waals surface area contributed by atoms with Crippen LogP contribution in [0.15, 0.2) is 30.4 Å². The van der Waals surface area contributed by atoms with Gasteiger partial charge in [0.25, 0.3) is 0 Å². The molecule has 3 N–H and O–H groups in total. The largest absolute Gasteiger partial charge is 0.486 e. The molecular weight excluding hydrogens is 258 g/mol. The SMILES string of the molecule is CC1CC=CCC1COc1cccc(NN)c1[N+](=O)[O-]. The number of hydrazine groups is 1. The van der Waals surface area contributed by atoms with Gasteiger partial charge in [0.05, 0.1) is 11.5 Å². The maximum absolute atomic E-state index is 11.1. The molecule has 1 aliphatic carbocycles. The lowest BCUT2D eigenvalue weighted by molar-refractivity contribution is -0.385. The Morgan fingerprint density at radius 3 is 2.85 bits per heavy atom. The van der Waals surface area contributed by atoms with Crippen LogP contribution >= 0.6 is 0 Å². The van der Waals surface area contributed by atoms with Crippen LogP contribution in [0.25, 0.3) is 0 Å². The minimum atomic E-state index is -0.477. The number of hydrogen-bond acceptors (Lipinski definition) is 5. The van der Waals surface area contributed by atoms with Crippen molar-refractivity contribution in [3.63, 3.8) is 0 Å². The minimum Gasteiger partial charge on any atom is -0.486 e. The summed E-state index contributed by atoms with van der Waals surface area (Å²) in [5.74, 6) is 6.46. The molecule has 2 unspecified atom stereocenters. The molecule has 1 aliphatic rings. The van der Waals surface area contributed by atoms with Gasteiger partial charge in [0, 0.05) is 0 Å². The first-order valence-corrected chi connectivity index (χ1v) is 6.65. The maximum Gasteiger partial charge on any atom is 0.335 e. The highest BCUT2D eigenvalue weighted by Crippen LogP contribution is 2.35. The number of rotatable bonds is 5. The first-order chi connectivity index (χ1) is 9.63. The predicted molar refractivity (Wildman–Crippen MR) is 77.4 cm³/mol. The van der Waals surface area contributed by atoms with E-state index < -0.39 is 4.92 Å². The van der Waals surface area contributed by atoms with Gasteiger partial charge in [-0.1, -0.05) is 25.1 Å². The van der Waals surface area contributed by atoms with Crippen LogP contribution in [0.4, 0.5) is 11.4 Å². The molecule has 1 aromatic carbocycles. The summed E-state index contributed by atoms with van der Waals surface area (Å²) in [4.78, 5) is 10.7. The molecule has 0 amide bonds. The third kappa shape index (κ3) is 3.08. The Balaban J connectivity index is 2.13. The first-order valence-electron chi connectivity index (χ1n) is 6.65. The van der Waals surface area contributed by atoms with Crippen LogP contribution in [0.3, 0.4) is 0 Å². The average Bonchev–Trinajstić information content (AvgIpc) is 2.45. The van der Waals surface area contributed by atoms with E-state index in [-0.39, 0.29) is 17.1 Å². The Bertz CT molecular complexity index is 516. The molecule has 2 atom stereocenters. The summed E-state index contributed by atoms with van der Waals surface area (Å²) in [6.45, 7) is 2.64. The average molecular weight is 277 g/mol. The van der Waals surface area contributed by atoms with E-state index in [1.807, 2.05) is 0 Å². The smallest absolute Gasteiger partial charge is 0.335 e. The molecule has 0 saturated heterocycles. The molecule has 20 heavy (non-hydrogen) atoms. The highest BCUT2D eigenvalue weighted by atomic mass is 16.6. The summed E-state index contributed by atoms with van der Waals surface area (Å²) in [6, 6.07) is 4.83. The van der Waals surface area contributed by atoms with E-state index in [9.17, 15) is 10.1 Å². The van der Waals surface area contributed by atoms with Crippen molar-refractivity contribution in [2.24, 2.45) is 17.7 Å². The van der Waals surface area contributed by atoms with Gasteiger partial charge in [-0.05, 0) is 36.8 Å². The van der Waals surface area contributed by atoms with Crippen molar-refractivity contribution in [3.8, 4) is 5.75 Å². The molecule has 0 spiro atoms. The molecule has 6 heteroatoms. The van der Waals surface area contributed by atoms with Crippen molar-refractivity contribution in [1.82, 2.24) is 0 Å². The summed E-state index contributed by atoms with van der Waals surface area (Å²) >= 11 is 0. The van der Waals surface area contributed by atoms with Crippen LogP contribution < -0.4 is 16.0 Å². The van der Waals surface area contributed by atoms with Crippen LogP contribution in [0.5, 0.6) is 5.75 Å². The molecule has 0 bridgehead atoms. The molecule has 0 aromatic heterocycles. The highest BCUT2D eigenvalue weighted by molar-refractivity contribution is 5.67. The van der Waals surface area contributed by atoms with E-state index in [2.05, 4.69) is 24.5 Å². The molecule has 0 heterocycles. The molecule has 2 rings (SSSR count). The normalized spacial score (nSPS) is 21.5. The second-order valence-electron chi connectivity index (χ2n) is 5.04. The van der Waals surface area contributed by atoms with Crippen molar-refractivity contribution in [2.45, 2.75) is 19.8 Å². The van der Waals surface area contributed by atoms with Crippen molar-refractivity contribution in [2.75, 3.05) is 12.0 Å².